The van der Waals surface area contributed by atoms with Crippen LogP contribution in [0.3, 0.4) is 0 Å². The van der Waals surface area contributed by atoms with Crippen LogP contribution < -0.4 is 10.5 Å². The van der Waals surface area contributed by atoms with Crippen molar-refractivity contribution in [1.82, 2.24) is 9.38 Å². The predicted molar refractivity (Wildman–Crippen MR) is 92.6 cm³/mol. The number of benzene rings is 1. The second kappa shape index (κ2) is 5.60. The topological polar surface area (TPSA) is 54.7 Å². The Bertz CT molecular complexity index is 1010. The van der Waals surface area contributed by atoms with Gasteiger partial charge in [0, 0.05) is 24.6 Å². The molecule has 1 aliphatic rings. The molecule has 120 valence electrons. The van der Waals surface area contributed by atoms with Gasteiger partial charge in [0.25, 0.3) is 11.5 Å². The van der Waals surface area contributed by atoms with Crippen LogP contribution in [0.2, 0.25) is 0 Å². The van der Waals surface area contributed by atoms with E-state index < -0.39 is 0 Å². The molecule has 1 aliphatic heterocycles. The van der Waals surface area contributed by atoms with Crippen LogP contribution in [0.4, 0.5) is 5.69 Å². The van der Waals surface area contributed by atoms with Gasteiger partial charge in [-0.2, -0.15) is 0 Å². The maximum atomic E-state index is 13.0. The van der Waals surface area contributed by atoms with Crippen molar-refractivity contribution in [3.63, 3.8) is 0 Å². The Balaban J connectivity index is 1.83. The lowest BCUT2D eigenvalue weighted by Crippen LogP contribution is -2.39. The number of para-hydroxylation sites is 1. The zero-order valence-electron chi connectivity index (χ0n) is 13.4. The molecule has 24 heavy (non-hydrogen) atoms. The monoisotopic (exact) mass is 319 g/mol. The molecule has 0 N–H and O–H groups in total. The molecule has 0 radical (unpaired) electrons. The van der Waals surface area contributed by atoms with Crippen LogP contribution in [0.5, 0.6) is 0 Å². The number of nitrogens with zero attached hydrogens (tertiary/aromatic N) is 3. The van der Waals surface area contributed by atoms with Gasteiger partial charge in [-0.3, -0.25) is 14.0 Å². The minimum atomic E-state index is -0.322. The fourth-order valence-corrected chi connectivity index (χ4v) is 3.22. The SMILES string of the molecule is Cc1ccc2ncc(C(=O)N3CCCc4ccccc43)c(=O)n2c1. The zero-order chi connectivity index (χ0) is 16.7. The molecule has 0 saturated heterocycles. The molecule has 3 aromatic rings. The summed E-state index contributed by atoms with van der Waals surface area (Å²) in [6.07, 6.45) is 4.95. The van der Waals surface area contributed by atoms with Crippen LogP contribution >= 0.6 is 0 Å². The number of carbonyl (C=O) groups excluding carboxylic acids is 1. The molecule has 0 bridgehead atoms. The lowest BCUT2D eigenvalue weighted by atomic mass is 10.0. The summed E-state index contributed by atoms with van der Waals surface area (Å²) in [4.78, 5) is 31.7. The summed E-state index contributed by atoms with van der Waals surface area (Å²) in [6, 6.07) is 11.5. The van der Waals surface area contributed by atoms with Crippen LogP contribution in [0.1, 0.15) is 27.9 Å². The van der Waals surface area contributed by atoms with Crippen molar-refractivity contribution in [1.29, 1.82) is 0 Å². The van der Waals surface area contributed by atoms with Gasteiger partial charge in [-0.1, -0.05) is 24.3 Å². The van der Waals surface area contributed by atoms with E-state index in [0.29, 0.717) is 12.2 Å². The van der Waals surface area contributed by atoms with Gasteiger partial charge < -0.3 is 4.90 Å². The van der Waals surface area contributed by atoms with Gasteiger partial charge in [-0.15, -0.1) is 0 Å². The Morgan fingerprint density at radius 1 is 1.17 bits per heavy atom. The fraction of sp³-hybridized carbons (Fsp3) is 0.211. The van der Waals surface area contributed by atoms with Crippen molar-refractivity contribution in [3.8, 4) is 0 Å². The molecule has 5 heteroatoms. The van der Waals surface area contributed by atoms with E-state index in [0.717, 1.165) is 29.7 Å². The minimum Gasteiger partial charge on any atom is -0.308 e. The normalized spacial score (nSPS) is 13.8. The van der Waals surface area contributed by atoms with E-state index in [2.05, 4.69) is 4.98 Å². The highest BCUT2D eigenvalue weighted by Gasteiger charge is 2.25. The number of hydrogen-bond acceptors (Lipinski definition) is 3. The Kier molecular flexibility index (Phi) is 3.41. The van der Waals surface area contributed by atoms with E-state index in [1.165, 1.54) is 10.6 Å². The Morgan fingerprint density at radius 3 is 2.88 bits per heavy atom. The van der Waals surface area contributed by atoms with Crippen LogP contribution in [0, 0.1) is 6.92 Å². The molecular weight excluding hydrogens is 302 g/mol. The van der Waals surface area contributed by atoms with Crippen molar-refractivity contribution in [2.45, 2.75) is 19.8 Å². The third-order valence-corrected chi connectivity index (χ3v) is 4.44. The number of aryl methyl sites for hydroxylation is 2. The second-order valence-corrected chi connectivity index (χ2v) is 6.10. The Morgan fingerprint density at radius 2 is 2.00 bits per heavy atom. The molecule has 2 aromatic heterocycles. The standard InChI is InChI=1S/C19H17N3O2/c1-13-8-9-17-20-11-15(19(24)22(17)12-13)18(23)21-10-4-6-14-5-2-3-7-16(14)21/h2-3,5,7-9,11-12H,4,6,10H2,1H3. The largest absolute Gasteiger partial charge is 0.308 e. The van der Waals surface area contributed by atoms with Crippen molar-refractivity contribution in [2.24, 2.45) is 0 Å². The molecule has 0 aliphatic carbocycles. The van der Waals surface area contributed by atoms with Crippen LogP contribution in [0.15, 0.2) is 53.6 Å². The van der Waals surface area contributed by atoms with Gasteiger partial charge >= 0.3 is 0 Å². The van der Waals surface area contributed by atoms with Crippen molar-refractivity contribution >= 4 is 17.2 Å². The number of amides is 1. The van der Waals surface area contributed by atoms with Gasteiger partial charge in [-0.25, -0.2) is 4.98 Å². The van der Waals surface area contributed by atoms with E-state index in [1.807, 2.05) is 37.3 Å². The number of pyridine rings is 1. The van der Waals surface area contributed by atoms with Crippen molar-refractivity contribution in [2.75, 3.05) is 11.4 Å². The highest BCUT2D eigenvalue weighted by molar-refractivity contribution is 6.06. The molecule has 1 amide bonds. The first-order valence-corrected chi connectivity index (χ1v) is 8.03. The van der Waals surface area contributed by atoms with Crippen LogP contribution in [0.25, 0.3) is 5.65 Å². The molecule has 0 fully saturated rings. The van der Waals surface area contributed by atoms with E-state index in [-0.39, 0.29) is 17.0 Å². The summed E-state index contributed by atoms with van der Waals surface area (Å²) in [7, 11) is 0. The smallest absolute Gasteiger partial charge is 0.270 e. The molecular formula is C19H17N3O2. The minimum absolute atomic E-state index is 0.106. The van der Waals surface area contributed by atoms with E-state index in [1.54, 1.807) is 17.2 Å². The highest BCUT2D eigenvalue weighted by Crippen LogP contribution is 2.27. The molecule has 3 heterocycles. The molecule has 0 saturated carbocycles. The number of hydrogen-bond donors (Lipinski definition) is 0. The number of fused-ring (bicyclic) bond motifs is 2. The number of rotatable bonds is 1. The average Bonchev–Trinajstić information content (AvgIpc) is 2.61. The molecule has 4 rings (SSSR count). The van der Waals surface area contributed by atoms with Gasteiger partial charge in [0.2, 0.25) is 0 Å². The summed E-state index contributed by atoms with van der Waals surface area (Å²) in [5.74, 6) is -0.282. The van der Waals surface area contributed by atoms with Gasteiger partial charge in [-0.05, 0) is 43.0 Å². The van der Waals surface area contributed by atoms with Gasteiger partial charge in [0.15, 0.2) is 0 Å². The summed E-state index contributed by atoms with van der Waals surface area (Å²) < 4.78 is 1.44. The molecule has 0 atom stereocenters. The molecule has 0 unspecified atom stereocenters. The van der Waals surface area contributed by atoms with E-state index >= 15 is 0 Å². The van der Waals surface area contributed by atoms with Gasteiger partial charge in [0.1, 0.15) is 11.2 Å². The van der Waals surface area contributed by atoms with Crippen molar-refractivity contribution < 1.29 is 4.79 Å². The second-order valence-electron chi connectivity index (χ2n) is 6.10. The van der Waals surface area contributed by atoms with Crippen LogP contribution in [-0.2, 0) is 6.42 Å². The van der Waals surface area contributed by atoms with Crippen molar-refractivity contribution in [3.05, 3.63) is 75.8 Å². The summed E-state index contributed by atoms with van der Waals surface area (Å²) in [5.41, 5.74) is 3.30. The Labute approximate surface area is 139 Å². The lowest BCUT2D eigenvalue weighted by Gasteiger charge is -2.29. The first kappa shape index (κ1) is 14.6. The number of anilines is 1. The Hall–Kier alpha value is -2.95. The lowest BCUT2D eigenvalue weighted by molar-refractivity contribution is 0.0983. The number of carbonyl (C=O) groups is 1. The van der Waals surface area contributed by atoms with Crippen LogP contribution in [-0.4, -0.2) is 21.8 Å². The predicted octanol–water partition coefficient (Wildman–Crippen LogP) is 2.60. The summed E-state index contributed by atoms with van der Waals surface area (Å²) in [6.45, 7) is 2.52. The third kappa shape index (κ3) is 2.29. The third-order valence-electron chi connectivity index (χ3n) is 4.44. The van der Waals surface area contributed by atoms with E-state index in [9.17, 15) is 9.59 Å². The maximum Gasteiger partial charge on any atom is 0.270 e. The highest BCUT2D eigenvalue weighted by atomic mass is 16.2. The average molecular weight is 319 g/mol. The number of aromatic nitrogens is 2. The summed E-state index contributed by atoms with van der Waals surface area (Å²) in [5, 5.41) is 0. The summed E-state index contributed by atoms with van der Waals surface area (Å²) >= 11 is 0. The molecule has 5 nitrogen and oxygen atoms in total. The zero-order valence-corrected chi connectivity index (χ0v) is 13.4. The maximum absolute atomic E-state index is 13.0. The molecule has 0 spiro atoms. The van der Waals surface area contributed by atoms with Gasteiger partial charge in [0.05, 0.1) is 0 Å². The molecule has 1 aromatic carbocycles. The van der Waals surface area contributed by atoms with E-state index in [4.69, 9.17) is 0 Å². The first-order chi connectivity index (χ1) is 11.6. The first-order valence-electron chi connectivity index (χ1n) is 8.03. The fourth-order valence-electron chi connectivity index (χ4n) is 3.22. The quantitative estimate of drug-likeness (QED) is 0.693.